The molecular weight excluding hydrogens is 362 g/mol. The van der Waals surface area contributed by atoms with Crippen LogP contribution in [0.25, 0.3) is 0 Å². The van der Waals surface area contributed by atoms with E-state index in [-0.39, 0.29) is 19.1 Å². The number of hydrogen-bond donors (Lipinski definition) is 3. The fourth-order valence-corrected chi connectivity index (χ4v) is 2.56. The second-order valence-corrected chi connectivity index (χ2v) is 6.61. The third kappa shape index (κ3) is 6.92. The maximum absolute atomic E-state index is 12.1. The monoisotopic (exact) mass is 387 g/mol. The number of nitrogens with one attached hydrogen (secondary N) is 1. The molecule has 0 aromatic heterocycles. The minimum absolute atomic E-state index is 0.0356. The van der Waals surface area contributed by atoms with E-state index in [1.54, 1.807) is 36.4 Å². The summed E-state index contributed by atoms with van der Waals surface area (Å²) in [6.45, 7) is 3.88. The number of benzene rings is 2. The van der Waals surface area contributed by atoms with Gasteiger partial charge in [-0.1, -0.05) is 42.5 Å². The third-order valence-corrected chi connectivity index (χ3v) is 3.90. The number of carbonyl (C=O) groups excluding carboxylic acids is 1. The standard InChI is InChI=1S/C21H25NO6/c1-14(2)28-17-10-8-15(9-11-17)12-18(19(23)20(24)25)22-21(26)27-13-16-6-4-3-5-7-16/h3-11,14,18-19,23H,12-13H2,1-2H3,(H,22,26)(H,24,25). The highest BCUT2D eigenvalue weighted by Gasteiger charge is 2.28. The highest BCUT2D eigenvalue weighted by atomic mass is 16.5. The van der Waals surface area contributed by atoms with Crippen molar-refractivity contribution in [3.05, 3.63) is 65.7 Å². The van der Waals surface area contributed by atoms with Crippen molar-refractivity contribution in [1.29, 1.82) is 0 Å². The first-order valence-corrected chi connectivity index (χ1v) is 8.99. The van der Waals surface area contributed by atoms with E-state index in [9.17, 15) is 14.7 Å². The highest BCUT2D eigenvalue weighted by molar-refractivity contribution is 5.75. The molecule has 7 heteroatoms. The van der Waals surface area contributed by atoms with Crippen molar-refractivity contribution < 1.29 is 29.3 Å². The number of carboxylic acid groups (broad SMARTS) is 1. The van der Waals surface area contributed by atoms with Gasteiger partial charge in [-0.2, -0.15) is 0 Å². The lowest BCUT2D eigenvalue weighted by Crippen LogP contribution is -2.48. The molecule has 0 heterocycles. The number of aliphatic carboxylic acids is 1. The van der Waals surface area contributed by atoms with Crippen molar-refractivity contribution in [3.63, 3.8) is 0 Å². The van der Waals surface area contributed by atoms with Crippen LogP contribution in [-0.2, 0) is 22.6 Å². The molecule has 0 aliphatic carbocycles. The molecule has 2 atom stereocenters. The summed E-state index contributed by atoms with van der Waals surface area (Å²) in [5.41, 5.74) is 1.54. The minimum Gasteiger partial charge on any atom is -0.491 e. The first-order valence-electron chi connectivity index (χ1n) is 8.99. The lowest BCUT2D eigenvalue weighted by molar-refractivity contribution is -0.148. The molecule has 0 aliphatic heterocycles. The zero-order chi connectivity index (χ0) is 20.5. The quantitative estimate of drug-likeness (QED) is 0.611. The van der Waals surface area contributed by atoms with Crippen LogP contribution in [0.3, 0.4) is 0 Å². The molecule has 0 bridgehead atoms. The summed E-state index contributed by atoms with van der Waals surface area (Å²) in [7, 11) is 0. The molecule has 2 unspecified atom stereocenters. The number of alkyl carbamates (subject to hydrolysis) is 1. The fourth-order valence-electron chi connectivity index (χ4n) is 2.56. The second kappa shape index (κ2) is 10.3. The number of rotatable bonds is 9. The number of carbonyl (C=O) groups is 2. The van der Waals surface area contributed by atoms with Gasteiger partial charge in [0, 0.05) is 0 Å². The summed E-state index contributed by atoms with van der Waals surface area (Å²) in [4.78, 5) is 23.3. The van der Waals surface area contributed by atoms with Crippen LogP contribution in [0.15, 0.2) is 54.6 Å². The van der Waals surface area contributed by atoms with Crippen LogP contribution in [0.5, 0.6) is 5.75 Å². The van der Waals surface area contributed by atoms with Crippen LogP contribution in [0.1, 0.15) is 25.0 Å². The average Bonchev–Trinajstić information content (AvgIpc) is 2.67. The van der Waals surface area contributed by atoms with Crippen molar-refractivity contribution in [1.82, 2.24) is 5.32 Å². The first-order chi connectivity index (χ1) is 13.3. The van der Waals surface area contributed by atoms with E-state index in [0.29, 0.717) is 5.75 Å². The van der Waals surface area contributed by atoms with Gasteiger partial charge >= 0.3 is 12.1 Å². The van der Waals surface area contributed by atoms with E-state index < -0.39 is 24.2 Å². The van der Waals surface area contributed by atoms with Crippen molar-refractivity contribution >= 4 is 12.1 Å². The van der Waals surface area contributed by atoms with Crippen molar-refractivity contribution in [3.8, 4) is 5.75 Å². The zero-order valence-electron chi connectivity index (χ0n) is 15.9. The molecule has 28 heavy (non-hydrogen) atoms. The van der Waals surface area contributed by atoms with Gasteiger partial charge in [-0.3, -0.25) is 0 Å². The largest absolute Gasteiger partial charge is 0.491 e. The number of aliphatic hydroxyl groups excluding tert-OH is 1. The summed E-state index contributed by atoms with van der Waals surface area (Å²) >= 11 is 0. The van der Waals surface area contributed by atoms with E-state index in [1.807, 2.05) is 32.0 Å². The Hall–Kier alpha value is -3.06. The van der Waals surface area contributed by atoms with Gasteiger partial charge in [-0.05, 0) is 43.5 Å². The Bertz CT molecular complexity index is 760. The summed E-state index contributed by atoms with van der Waals surface area (Å²) in [6.07, 6.45) is -2.41. The summed E-state index contributed by atoms with van der Waals surface area (Å²) in [6, 6.07) is 15.1. The fraction of sp³-hybridized carbons (Fsp3) is 0.333. The van der Waals surface area contributed by atoms with Gasteiger partial charge in [0.2, 0.25) is 0 Å². The van der Waals surface area contributed by atoms with Crippen LogP contribution >= 0.6 is 0 Å². The smallest absolute Gasteiger partial charge is 0.407 e. The molecule has 1 amide bonds. The topological polar surface area (TPSA) is 105 Å². The molecule has 2 rings (SSSR count). The Kier molecular flexibility index (Phi) is 7.83. The van der Waals surface area contributed by atoms with Gasteiger partial charge in [0.15, 0.2) is 6.10 Å². The van der Waals surface area contributed by atoms with Crippen LogP contribution in [0, 0.1) is 0 Å². The average molecular weight is 387 g/mol. The molecular formula is C21H25NO6. The van der Waals surface area contributed by atoms with Crippen LogP contribution in [0.2, 0.25) is 0 Å². The third-order valence-electron chi connectivity index (χ3n) is 3.90. The molecule has 0 saturated heterocycles. The Balaban J connectivity index is 1.99. The summed E-state index contributed by atoms with van der Waals surface area (Å²) in [5.74, 6) is -0.738. The molecule has 2 aromatic rings. The second-order valence-electron chi connectivity index (χ2n) is 6.61. The molecule has 150 valence electrons. The first kappa shape index (κ1) is 21.2. The maximum atomic E-state index is 12.1. The molecule has 3 N–H and O–H groups in total. The molecule has 2 aromatic carbocycles. The van der Waals surface area contributed by atoms with Gasteiger partial charge in [-0.25, -0.2) is 9.59 Å². The van der Waals surface area contributed by atoms with Gasteiger partial charge in [0.25, 0.3) is 0 Å². The van der Waals surface area contributed by atoms with Gasteiger partial charge < -0.3 is 25.0 Å². The van der Waals surface area contributed by atoms with E-state index in [2.05, 4.69) is 5.32 Å². The van der Waals surface area contributed by atoms with Crippen LogP contribution in [0.4, 0.5) is 4.79 Å². The maximum Gasteiger partial charge on any atom is 0.407 e. The Morgan fingerprint density at radius 1 is 1.00 bits per heavy atom. The lowest BCUT2D eigenvalue weighted by Gasteiger charge is -2.21. The molecule has 0 radical (unpaired) electrons. The van der Waals surface area contributed by atoms with Crippen LogP contribution in [-0.4, -0.2) is 40.5 Å². The van der Waals surface area contributed by atoms with Gasteiger partial charge in [0.1, 0.15) is 12.4 Å². The summed E-state index contributed by atoms with van der Waals surface area (Å²) < 4.78 is 10.7. The molecule has 0 saturated carbocycles. The van der Waals surface area contributed by atoms with Gasteiger partial charge in [0.05, 0.1) is 12.1 Å². The number of carboxylic acids is 1. The Morgan fingerprint density at radius 3 is 2.21 bits per heavy atom. The normalized spacial score (nSPS) is 12.9. The number of hydrogen-bond acceptors (Lipinski definition) is 5. The van der Waals surface area contributed by atoms with E-state index in [0.717, 1.165) is 11.1 Å². The number of ether oxygens (including phenoxy) is 2. The van der Waals surface area contributed by atoms with Crippen LogP contribution < -0.4 is 10.1 Å². The van der Waals surface area contributed by atoms with E-state index >= 15 is 0 Å². The molecule has 0 spiro atoms. The van der Waals surface area contributed by atoms with Crippen molar-refractivity contribution in [2.24, 2.45) is 0 Å². The Morgan fingerprint density at radius 2 is 1.64 bits per heavy atom. The number of aliphatic hydroxyl groups is 1. The van der Waals surface area contributed by atoms with Gasteiger partial charge in [-0.15, -0.1) is 0 Å². The summed E-state index contributed by atoms with van der Waals surface area (Å²) in [5, 5.41) is 21.5. The zero-order valence-corrected chi connectivity index (χ0v) is 15.9. The Labute approximate surface area is 163 Å². The van der Waals surface area contributed by atoms with E-state index in [1.165, 1.54) is 0 Å². The predicted molar refractivity (Wildman–Crippen MR) is 103 cm³/mol. The molecule has 7 nitrogen and oxygen atoms in total. The predicted octanol–water partition coefficient (Wildman–Crippen LogP) is 2.76. The molecule has 0 aliphatic rings. The van der Waals surface area contributed by atoms with Crippen molar-refractivity contribution in [2.45, 2.75) is 45.1 Å². The minimum atomic E-state index is -1.77. The van der Waals surface area contributed by atoms with E-state index in [4.69, 9.17) is 14.6 Å². The van der Waals surface area contributed by atoms with Crippen molar-refractivity contribution in [2.75, 3.05) is 0 Å². The number of amides is 1. The SMILES string of the molecule is CC(C)Oc1ccc(CC(NC(=O)OCc2ccccc2)C(O)C(=O)O)cc1. The highest BCUT2D eigenvalue weighted by Crippen LogP contribution is 2.16. The lowest BCUT2D eigenvalue weighted by atomic mass is 10.0. The molecule has 0 fully saturated rings.